The second-order valence-electron chi connectivity index (χ2n) is 8.72. The van der Waals surface area contributed by atoms with E-state index in [1.165, 1.54) is 0 Å². The Hall–Kier alpha value is -3.16. The lowest BCUT2D eigenvalue weighted by molar-refractivity contribution is 0.00582. The highest BCUT2D eigenvalue weighted by atomic mass is 32.2. The Morgan fingerprint density at radius 1 is 0.939 bits per heavy atom. The van der Waals surface area contributed by atoms with E-state index in [0.717, 1.165) is 22.4 Å². The topological polar surface area (TPSA) is 75.7 Å². The van der Waals surface area contributed by atoms with Crippen LogP contribution in [0.15, 0.2) is 83.8 Å². The van der Waals surface area contributed by atoms with Gasteiger partial charge in [-0.15, -0.1) is 0 Å². The fourth-order valence-corrected chi connectivity index (χ4v) is 5.25. The van der Waals surface area contributed by atoms with Gasteiger partial charge in [-0.1, -0.05) is 54.6 Å². The van der Waals surface area contributed by atoms with Crippen LogP contribution in [0.2, 0.25) is 0 Å². The molecule has 1 N–H and O–H groups in total. The Kier molecular flexibility index (Phi) is 6.28. The first kappa shape index (κ1) is 23.0. The van der Waals surface area contributed by atoms with Crippen molar-refractivity contribution < 1.29 is 17.9 Å². The second-order valence-corrected chi connectivity index (χ2v) is 10.4. The van der Waals surface area contributed by atoms with Crippen LogP contribution in [0.5, 0.6) is 0 Å². The van der Waals surface area contributed by atoms with Gasteiger partial charge < -0.3 is 4.74 Å². The summed E-state index contributed by atoms with van der Waals surface area (Å²) in [5.74, 6) is 0. The molecule has 1 fully saturated rings. The Morgan fingerprint density at radius 2 is 1.64 bits per heavy atom. The van der Waals surface area contributed by atoms with Crippen LogP contribution in [0, 0.1) is 0 Å². The standard InChI is InChI=1S/C26H28N2O4S/c1-19(2)27-33(30,31)24-14-12-20(13-15-24)21-8-7-11-23(18-21)28-17-16-26(3,32-25(28)29)22-9-5-4-6-10-22/h4-15,18-19,27H,16-17H2,1-3H3. The molecule has 1 atom stereocenters. The molecule has 172 valence electrons. The van der Waals surface area contributed by atoms with E-state index >= 15 is 0 Å². The molecule has 1 unspecified atom stereocenters. The minimum absolute atomic E-state index is 0.181. The number of nitrogens with one attached hydrogen (secondary N) is 1. The smallest absolute Gasteiger partial charge is 0.415 e. The third-order valence-electron chi connectivity index (χ3n) is 5.78. The average molecular weight is 465 g/mol. The molecular formula is C26H28N2O4S. The quantitative estimate of drug-likeness (QED) is 0.537. The first-order chi connectivity index (χ1) is 15.7. The predicted molar refractivity (Wildman–Crippen MR) is 130 cm³/mol. The highest BCUT2D eigenvalue weighted by Gasteiger charge is 2.38. The molecular weight excluding hydrogens is 436 g/mol. The van der Waals surface area contributed by atoms with Crippen molar-refractivity contribution in [2.75, 3.05) is 11.4 Å². The third-order valence-corrected chi connectivity index (χ3v) is 7.45. The van der Waals surface area contributed by atoms with Gasteiger partial charge in [0.25, 0.3) is 0 Å². The Balaban J connectivity index is 1.54. The molecule has 0 saturated carbocycles. The van der Waals surface area contributed by atoms with E-state index in [1.807, 2.05) is 61.5 Å². The summed E-state index contributed by atoms with van der Waals surface area (Å²) >= 11 is 0. The number of hydrogen-bond acceptors (Lipinski definition) is 4. The molecule has 1 amide bonds. The van der Waals surface area contributed by atoms with Crippen LogP contribution in [-0.4, -0.2) is 27.1 Å². The molecule has 33 heavy (non-hydrogen) atoms. The molecule has 3 aromatic rings. The molecule has 1 aliphatic rings. The summed E-state index contributed by atoms with van der Waals surface area (Å²) in [7, 11) is -3.54. The fourth-order valence-electron chi connectivity index (χ4n) is 4.00. The van der Waals surface area contributed by atoms with E-state index in [0.29, 0.717) is 13.0 Å². The number of amides is 1. The van der Waals surface area contributed by atoms with Crippen molar-refractivity contribution >= 4 is 21.8 Å². The number of ether oxygens (including phenoxy) is 1. The number of benzene rings is 3. The van der Waals surface area contributed by atoms with Crippen molar-refractivity contribution in [1.82, 2.24) is 4.72 Å². The minimum Gasteiger partial charge on any atom is -0.438 e. The first-order valence-corrected chi connectivity index (χ1v) is 12.5. The zero-order chi connectivity index (χ0) is 23.6. The number of sulfonamides is 1. The highest BCUT2D eigenvalue weighted by Crippen LogP contribution is 2.36. The van der Waals surface area contributed by atoms with Crippen LogP contribution in [0.4, 0.5) is 10.5 Å². The maximum atomic E-state index is 12.9. The van der Waals surface area contributed by atoms with Crippen LogP contribution in [0.25, 0.3) is 11.1 Å². The monoisotopic (exact) mass is 464 g/mol. The molecule has 4 rings (SSSR count). The van der Waals surface area contributed by atoms with E-state index in [4.69, 9.17) is 4.74 Å². The van der Waals surface area contributed by atoms with Gasteiger partial charge in [0.1, 0.15) is 5.60 Å². The van der Waals surface area contributed by atoms with E-state index in [1.54, 1.807) is 43.0 Å². The number of carbonyl (C=O) groups excluding carboxylic acids is 1. The fraction of sp³-hybridized carbons (Fsp3) is 0.269. The highest BCUT2D eigenvalue weighted by molar-refractivity contribution is 7.89. The summed E-state index contributed by atoms with van der Waals surface area (Å²) in [6, 6.07) is 23.9. The van der Waals surface area contributed by atoms with Gasteiger partial charge in [0.2, 0.25) is 10.0 Å². The normalized spacial score (nSPS) is 18.9. The number of rotatable bonds is 6. The first-order valence-electron chi connectivity index (χ1n) is 11.0. The van der Waals surface area contributed by atoms with E-state index in [2.05, 4.69) is 4.72 Å². The maximum Gasteiger partial charge on any atom is 0.415 e. The second kappa shape index (κ2) is 9.00. The van der Waals surface area contributed by atoms with Gasteiger partial charge in [0, 0.05) is 24.7 Å². The van der Waals surface area contributed by atoms with Crippen molar-refractivity contribution in [3.8, 4) is 11.1 Å². The molecule has 1 heterocycles. The Labute approximate surface area is 195 Å². The van der Waals surface area contributed by atoms with Gasteiger partial charge in [0.15, 0.2) is 0 Å². The van der Waals surface area contributed by atoms with Gasteiger partial charge in [-0.05, 0) is 61.7 Å². The molecule has 1 saturated heterocycles. The minimum atomic E-state index is -3.54. The Morgan fingerprint density at radius 3 is 2.27 bits per heavy atom. The van der Waals surface area contributed by atoms with Crippen LogP contribution < -0.4 is 9.62 Å². The molecule has 6 nitrogen and oxygen atoms in total. The van der Waals surface area contributed by atoms with Crippen molar-refractivity contribution in [2.45, 2.75) is 43.7 Å². The van der Waals surface area contributed by atoms with Gasteiger partial charge in [0.05, 0.1) is 4.90 Å². The van der Waals surface area contributed by atoms with Crippen LogP contribution in [0.1, 0.15) is 32.8 Å². The zero-order valence-corrected chi connectivity index (χ0v) is 19.8. The third kappa shape index (κ3) is 4.94. The summed E-state index contributed by atoms with van der Waals surface area (Å²) < 4.78 is 33.2. The largest absolute Gasteiger partial charge is 0.438 e. The maximum absolute atomic E-state index is 12.9. The number of carbonyl (C=O) groups is 1. The number of hydrogen-bond donors (Lipinski definition) is 1. The summed E-state index contributed by atoms with van der Waals surface area (Å²) in [4.78, 5) is 14.8. The van der Waals surface area contributed by atoms with Crippen molar-refractivity contribution in [1.29, 1.82) is 0 Å². The van der Waals surface area contributed by atoms with Crippen LogP contribution in [0.3, 0.4) is 0 Å². The zero-order valence-electron chi connectivity index (χ0n) is 19.0. The van der Waals surface area contributed by atoms with E-state index in [9.17, 15) is 13.2 Å². The van der Waals surface area contributed by atoms with Gasteiger partial charge >= 0.3 is 6.09 Å². The average Bonchev–Trinajstić information content (AvgIpc) is 2.79. The number of anilines is 1. The van der Waals surface area contributed by atoms with Crippen LogP contribution >= 0.6 is 0 Å². The molecule has 0 radical (unpaired) electrons. The molecule has 0 aromatic heterocycles. The van der Waals surface area contributed by atoms with Crippen molar-refractivity contribution in [3.63, 3.8) is 0 Å². The van der Waals surface area contributed by atoms with E-state index < -0.39 is 15.6 Å². The lowest BCUT2D eigenvalue weighted by atomic mass is 9.91. The molecule has 0 bridgehead atoms. The SMILES string of the molecule is CC(C)NS(=O)(=O)c1ccc(-c2cccc(N3CCC(C)(c4ccccc4)OC3=O)c2)cc1. The summed E-state index contributed by atoms with van der Waals surface area (Å²) in [6.07, 6.45) is 0.286. The number of nitrogens with zero attached hydrogens (tertiary/aromatic N) is 1. The van der Waals surface area contributed by atoms with Crippen LogP contribution in [-0.2, 0) is 20.4 Å². The molecule has 0 spiro atoms. The van der Waals surface area contributed by atoms with Gasteiger partial charge in [-0.2, -0.15) is 0 Å². The molecule has 0 aliphatic carbocycles. The molecule has 1 aliphatic heterocycles. The number of cyclic esters (lactones) is 1. The van der Waals surface area contributed by atoms with E-state index in [-0.39, 0.29) is 17.0 Å². The molecule has 7 heteroatoms. The van der Waals surface area contributed by atoms with Gasteiger partial charge in [-0.25, -0.2) is 17.9 Å². The lowest BCUT2D eigenvalue weighted by Gasteiger charge is -2.39. The Bertz CT molecular complexity index is 1240. The molecule has 3 aromatic carbocycles. The predicted octanol–water partition coefficient (Wildman–Crippen LogP) is 5.30. The van der Waals surface area contributed by atoms with Gasteiger partial charge in [-0.3, -0.25) is 4.90 Å². The van der Waals surface area contributed by atoms with Crippen molar-refractivity contribution in [2.24, 2.45) is 0 Å². The van der Waals surface area contributed by atoms with Crippen molar-refractivity contribution in [3.05, 3.63) is 84.4 Å². The summed E-state index contributed by atoms with van der Waals surface area (Å²) in [5, 5.41) is 0. The lowest BCUT2D eigenvalue weighted by Crippen LogP contribution is -2.46. The summed E-state index contributed by atoms with van der Waals surface area (Å²) in [5.41, 5.74) is 2.81. The summed E-state index contributed by atoms with van der Waals surface area (Å²) in [6.45, 7) is 6.04.